The van der Waals surface area contributed by atoms with E-state index in [0.29, 0.717) is 18.6 Å². The summed E-state index contributed by atoms with van der Waals surface area (Å²) in [5.74, 6) is -0.169. The van der Waals surface area contributed by atoms with Crippen molar-refractivity contribution in [3.05, 3.63) is 29.8 Å². The van der Waals surface area contributed by atoms with Gasteiger partial charge in [0.2, 0.25) is 0 Å². The molecule has 174 valence electrons. The second-order valence-corrected chi connectivity index (χ2v) is 8.52. The first kappa shape index (κ1) is 25.2. The highest BCUT2D eigenvalue weighted by Crippen LogP contribution is 2.23. The molecule has 1 aromatic rings. The molecule has 1 heterocycles. The Morgan fingerprint density at radius 3 is 2.23 bits per heavy atom. The first-order valence-electron chi connectivity index (χ1n) is 12.3. The molecule has 1 aromatic carbocycles. The Morgan fingerprint density at radius 2 is 1.55 bits per heavy atom. The van der Waals surface area contributed by atoms with Crippen LogP contribution in [0, 0.1) is 0 Å². The summed E-state index contributed by atoms with van der Waals surface area (Å²) < 4.78 is 16.6. The highest BCUT2D eigenvalue weighted by Gasteiger charge is 2.32. The maximum Gasteiger partial charge on any atom is 0.347 e. The Kier molecular flexibility index (Phi) is 12.1. The zero-order valence-corrected chi connectivity index (χ0v) is 19.4. The lowest BCUT2D eigenvalue weighted by molar-refractivity contribution is -0.167. The SMILES string of the molecule is CCCCCCCCOc1ccc(C(=O)O[C@H]2CC[C@@H](CCCCCC)OC2=O)cc1. The smallest absolute Gasteiger partial charge is 0.347 e. The van der Waals surface area contributed by atoms with E-state index < -0.39 is 18.0 Å². The quantitative estimate of drug-likeness (QED) is 0.230. The number of cyclic esters (lactones) is 1. The molecule has 1 aliphatic heterocycles. The van der Waals surface area contributed by atoms with Gasteiger partial charge in [-0.2, -0.15) is 0 Å². The Bertz CT molecular complexity index is 640. The number of ether oxygens (including phenoxy) is 3. The summed E-state index contributed by atoms with van der Waals surface area (Å²) >= 11 is 0. The van der Waals surface area contributed by atoms with Crippen LogP contribution in [0.1, 0.15) is 108 Å². The van der Waals surface area contributed by atoms with Crippen molar-refractivity contribution < 1.29 is 23.8 Å². The van der Waals surface area contributed by atoms with Crippen LogP contribution in [0.2, 0.25) is 0 Å². The van der Waals surface area contributed by atoms with Crippen LogP contribution in [0.5, 0.6) is 5.75 Å². The van der Waals surface area contributed by atoms with Crippen molar-refractivity contribution in [3.8, 4) is 5.75 Å². The number of carbonyl (C=O) groups excluding carboxylic acids is 2. The van der Waals surface area contributed by atoms with Gasteiger partial charge in [-0.05, 0) is 56.4 Å². The first-order chi connectivity index (χ1) is 15.1. The molecule has 2 atom stereocenters. The van der Waals surface area contributed by atoms with E-state index in [1.165, 1.54) is 51.4 Å². The normalized spacial score (nSPS) is 18.5. The maximum atomic E-state index is 12.4. The van der Waals surface area contributed by atoms with Gasteiger partial charge in [0.05, 0.1) is 12.2 Å². The third-order valence-corrected chi connectivity index (χ3v) is 5.78. The molecule has 0 radical (unpaired) electrons. The second kappa shape index (κ2) is 14.9. The number of unbranched alkanes of at least 4 members (excludes halogenated alkanes) is 8. The average Bonchev–Trinajstić information content (AvgIpc) is 2.78. The fourth-order valence-corrected chi connectivity index (χ4v) is 3.82. The number of esters is 2. The van der Waals surface area contributed by atoms with Crippen molar-refractivity contribution >= 4 is 11.9 Å². The van der Waals surface area contributed by atoms with Gasteiger partial charge < -0.3 is 14.2 Å². The topological polar surface area (TPSA) is 61.8 Å². The first-order valence-corrected chi connectivity index (χ1v) is 12.3. The van der Waals surface area contributed by atoms with Gasteiger partial charge in [-0.1, -0.05) is 65.2 Å². The summed E-state index contributed by atoms with van der Waals surface area (Å²) in [6.07, 6.45) is 13.3. The molecule has 0 spiro atoms. The molecular formula is C26H40O5. The summed E-state index contributed by atoms with van der Waals surface area (Å²) in [5, 5.41) is 0. The molecule has 5 nitrogen and oxygen atoms in total. The van der Waals surface area contributed by atoms with E-state index in [1.54, 1.807) is 24.3 Å². The van der Waals surface area contributed by atoms with E-state index in [1.807, 2.05) is 0 Å². The lowest BCUT2D eigenvalue weighted by atomic mass is 10.0. The van der Waals surface area contributed by atoms with E-state index in [4.69, 9.17) is 14.2 Å². The fraction of sp³-hybridized carbons (Fsp3) is 0.692. The summed E-state index contributed by atoms with van der Waals surface area (Å²) in [4.78, 5) is 24.6. The van der Waals surface area contributed by atoms with Gasteiger partial charge in [0.25, 0.3) is 0 Å². The lowest BCUT2D eigenvalue weighted by Gasteiger charge is -2.27. The summed E-state index contributed by atoms with van der Waals surface area (Å²) in [5.41, 5.74) is 0.418. The Hall–Kier alpha value is -2.04. The molecule has 0 bridgehead atoms. The van der Waals surface area contributed by atoms with Crippen LogP contribution in [0.25, 0.3) is 0 Å². The minimum Gasteiger partial charge on any atom is -0.494 e. The van der Waals surface area contributed by atoms with Crippen LogP contribution >= 0.6 is 0 Å². The zero-order valence-electron chi connectivity index (χ0n) is 19.4. The molecule has 1 saturated heterocycles. The van der Waals surface area contributed by atoms with E-state index in [2.05, 4.69) is 13.8 Å². The number of carbonyl (C=O) groups is 2. The van der Waals surface area contributed by atoms with Crippen molar-refractivity contribution in [2.24, 2.45) is 0 Å². The van der Waals surface area contributed by atoms with Crippen molar-refractivity contribution in [2.75, 3.05) is 6.61 Å². The van der Waals surface area contributed by atoms with E-state index in [9.17, 15) is 9.59 Å². The molecular weight excluding hydrogens is 392 g/mol. The third-order valence-electron chi connectivity index (χ3n) is 5.78. The molecule has 0 aliphatic carbocycles. The molecule has 31 heavy (non-hydrogen) atoms. The predicted molar refractivity (Wildman–Crippen MR) is 122 cm³/mol. The number of hydrogen-bond donors (Lipinski definition) is 0. The Morgan fingerprint density at radius 1 is 0.903 bits per heavy atom. The van der Waals surface area contributed by atoms with Gasteiger partial charge in [-0.15, -0.1) is 0 Å². The molecule has 0 unspecified atom stereocenters. The van der Waals surface area contributed by atoms with Gasteiger partial charge in [0.1, 0.15) is 11.9 Å². The summed E-state index contributed by atoms with van der Waals surface area (Å²) in [7, 11) is 0. The highest BCUT2D eigenvalue weighted by atomic mass is 16.6. The number of hydrogen-bond acceptors (Lipinski definition) is 5. The molecule has 2 rings (SSSR count). The van der Waals surface area contributed by atoms with Crippen LogP contribution in [-0.2, 0) is 14.3 Å². The van der Waals surface area contributed by atoms with Crippen molar-refractivity contribution in [2.45, 2.75) is 110 Å². The predicted octanol–water partition coefficient (Wildman–Crippen LogP) is 6.63. The van der Waals surface area contributed by atoms with Crippen LogP contribution in [0.3, 0.4) is 0 Å². The highest BCUT2D eigenvalue weighted by molar-refractivity contribution is 5.91. The molecule has 0 saturated carbocycles. The van der Waals surface area contributed by atoms with Crippen LogP contribution in [-0.4, -0.2) is 30.8 Å². The third kappa shape index (κ3) is 9.75. The molecule has 0 N–H and O–H groups in total. The zero-order chi connectivity index (χ0) is 22.3. The van der Waals surface area contributed by atoms with Gasteiger partial charge in [-0.3, -0.25) is 0 Å². The molecule has 5 heteroatoms. The second-order valence-electron chi connectivity index (χ2n) is 8.52. The van der Waals surface area contributed by atoms with Gasteiger partial charge in [0, 0.05) is 0 Å². The average molecular weight is 433 g/mol. The monoisotopic (exact) mass is 432 g/mol. The lowest BCUT2D eigenvalue weighted by Crippen LogP contribution is -2.37. The standard InChI is InChI=1S/C26H40O5/c1-3-5-7-9-10-12-20-29-22-16-14-21(15-17-22)25(27)31-24-19-18-23(30-26(24)28)13-11-8-6-4-2/h14-17,23-24H,3-13,18-20H2,1-2H3/t23-,24+/m1/s1. The minimum absolute atomic E-state index is 0.0395. The number of rotatable bonds is 15. The molecule has 1 fully saturated rings. The fourth-order valence-electron chi connectivity index (χ4n) is 3.82. The van der Waals surface area contributed by atoms with Crippen LogP contribution in [0.15, 0.2) is 24.3 Å². The van der Waals surface area contributed by atoms with Crippen LogP contribution in [0.4, 0.5) is 0 Å². The summed E-state index contributed by atoms with van der Waals surface area (Å²) in [6.45, 7) is 5.08. The summed E-state index contributed by atoms with van der Waals surface area (Å²) in [6, 6.07) is 6.92. The van der Waals surface area contributed by atoms with Crippen LogP contribution < -0.4 is 4.74 Å². The van der Waals surface area contributed by atoms with Gasteiger partial charge >= 0.3 is 11.9 Å². The Labute approximate surface area is 187 Å². The van der Waals surface area contributed by atoms with E-state index >= 15 is 0 Å². The largest absolute Gasteiger partial charge is 0.494 e. The van der Waals surface area contributed by atoms with E-state index in [0.717, 1.165) is 31.4 Å². The van der Waals surface area contributed by atoms with Gasteiger partial charge in [0.15, 0.2) is 6.10 Å². The molecule has 1 aliphatic rings. The molecule has 0 aromatic heterocycles. The maximum absolute atomic E-state index is 12.4. The van der Waals surface area contributed by atoms with E-state index in [-0.39, 0.29) is 6.10 Å². The van der Waals surface area contributed by atoms with Gasteiger partial charge in [-0.25, -0.2) is 9.59 Å². The Balaban J connectivity index is 1.67. The van der Waals surface area contributed by atoms with Crippen molar-refractivity contribution in [1.29, 1.82) is 0 Å². The van der Waals surface area contributed by atoms with Crippen molar-refractivity contribution in [1.82, 2.24) is 0 Å². The molecule has 0 amide bonds. The minimum atomic E-state index is -0.803. The number of benzene rings is 1. The van der Waals surface area contributed by atoms with Crippen molar-refractivity contribution in [3.63, 3.8) is 0 Å².